The quantitative estimate of drug-likeness (QED) is 0.694. The molecule has 4 rings (SSSR count). The van der Waals surface area contributed by atoms with Gasteiger partial charge in [0.25, 0.3) is 0 Å². The van der Waals surface area contributed by atoms with Gasteiger partial charge in [0.2, 0.25) is 5.91 Å². The molecule has 2 aliphatic heterocycles. The third-order valence-corrected chi connectivity index (χ3v) is 7.19. The number of carbonyl (C=O) groups is 2. The second-order valence-corrected chi connectivity index (χ2v) is 9.19. The molecule has 2 aromatic carbocycles. The van der Waals surface area contributed by atoms with E-state index in [0.717, 1.165) is 34.0 Å². The van der Waals surface area contributed by atoms with E-state index >= 15 is 0 Å². The number of amides is 3. The Labute approximate surface area is 191 Å². The summed E-state index contributed by atoms with van der Waals surface area (Å²) in [6.45, 7) is 1.32. The molecule has 6 nitrogen and oxygen atoms in total. The van der Waals surface area contributed by atoms with Crippen LogP contribution in [0.4, 0.5) is 20.6 Å². The number of hydrogen-bond donors (Lipinski definition) is 2. The van der Waals surface area contributed by atoms with Crippen LogP contribution in [0.3, 0.4) is 0 Å². The number of benzene rings is 2. The van der Waals surface area contributed by atoms with E-state index in [-0.39, 0.29) is 11.9 Å². The van der Waals surface area contributed by atoms with Gasteiger partial charge in [0.05, 0.1) is 17.4 Å². The van der Waals surface area contributed by atoms with Gasteiger partial charge < -0.3 is 15.3 Å². The van der Waals surface area contributed by atoms with Crippen LogP contribution < -0.4 is 10.2 Å². The molecule has 2 aliphatic rings. The van der Waals surface area contributed by atoms with Crippen molar-refractivity contribution in [3.05, 3.63) is 48.5 Å². The molecule has 2 heterocycles. The number of aliphatic hydroxyl groups is 1. The van der Waals surface area contributed by atoms with Crippen LogP contribution in [-0.4, -0.2) is 53.4 Å². The van der Waals surface area contributed by atoms with Gasteiger partial charge in [-0.1, -0.05) is 43.0 Å². The number of hydrogen-bond acceptors (Lipinski definition) is 4. The summed E-state index contributed by atoms with van der Waals surface area (Å²) < 4.78 is 13.0. The summed E-state index contributed by atoms with van der Waals surface area (Å²) in [5.74, 6) is -0.342. The molecule has 0 radical (unpaired) electrons. The summed E-state index contributed by atoms with van der Waals surface area (Å²) in [7, 11) is 0. The predicted octanol–water partition coefficient (Wildman–Crippen LogP) is 4.49. The van der Waals surface area contributed by atoms with Gasteiger partial charge in [-0.25, -0.2) is 9.18 Å². The normalized spacial score (nSPS) is 19.5. The lowest BCUT2D eigenvalue weighted by Crippen LogP contribution is -2.57. The lowest BCUT2D eigenvalue weighted by Gasteiger charge is -2.40. The fraction of sp³-hybridized carbons (Fsp3) is 0.417. The Kier molecular flexibility index (Phi) is 7.01. The number of aliphatic hydroxyl groups excluding tert-OH is 1. The second-order valence-electron chi connectivity index (χ2n) is 8.11. The molecule has 32 heavy (non-hydrogen) atoms. The number of piperidine rings is 1. The van der Waals surface area contributed by atoms with Crippen LogP contribution in [-0.2, 0) is 4.79 Å². The molecule has 2 aromatic rings. The maximum Gasteiger partial charge on any atom is 0.329 e. The molecular weight excluding hydrogens is 429 g/mol. The molecule has 2 N–H and O–H groups in total. The van der Waals surface area contributed by atoms with Crippen molar-refractivity contribution in [2.24, 2.45) is 0 Å². The Morgan fingerprint density at radius 2 is 1.75 bits per heavy atom. The third kappa shape index (κ3) is 4.34. The van der Waals surface area contributed by atoms with E-state index in [4.69, 9.17) is 0 Å². The monoisotopic (exact) mass is 457 g/mol. The Hall–Kier alpha value is -2.58. The lowest BCUT2D eigenvalue weighted by molar-refractivity contribution is -0.128. The first-order valence-electron chi connectivity index (χ1n) is 11.1. The van der Waals surface area contributed by atoms with E-state index in [1.165, 1.54) is 0 Å². The summed E-state index contributed by atoms with van der Waals surface area (Å²) in [5, 5.41) is 12.6. The average Bonchev–Trinajstić information content (AvgIpc) is 2.84. The van der Waals surface area contributed by atoms with E-state index in [2.05, 4.69) is 5.32 Å². The van der Waals surface area contributed by atoms with Crippen molar-refractivity contribution in [2.45, 2.75) is 60.6 Å². The van der Waals surface area contributed by atoms with Crippen LogP contribution >= 0.6 is 11.8 Å². The Morgan fingerprint density at radius 3 is 2.34 bits per heavy atom. The fourth-order valence-electron chi connectivity index (χ4n) is 4.33. The maximum absolute atomic E-state index is 13.9. The Morgan fingerprint density at radius 1 is 1.12 bits per heavy atom. The number of rotatable bonds is 5. The number of fused-ring (bicyclic) bond motifs is 2. The first-order valence-corrected chi connectivity index (χ1v) is 11.9. The summed E-state index contributed by atoms with van der Waals surface area (Å²) in [4.78, 5) is 32.3. The molecule has 3 amide bonds. The van der Waals surface area contributed by atoms with Gasteiger partial charge in [-0.05, 0) is 49.9 Å². The number of nitrogens with zero attached hydrogens (tertiary/aromatic N) is 2. The highest BCUT2D eigenvalue weighted by molar-refractivity contribution is 7.99. The fourth-order valence-corrected chi connectivity index (χ4v) is 5.39. The molecule has 8 heteroatoms. The minimum atomic E-state index is -1.26. The molecule has 170 valence electrons. The lowest BCUT2D eigenvalue weighted by atomic mass is 10.0. The summed E-state index contributed by atoms with van der Waals surface area (Å²) >= 11 is 1.62. The SMILES string of the molecule is CCC(NC(=O)C1CCCCN1C(=O)N1c2ccccc2Sc2ccccc21)C(O)CF. The Bertz CT molecular complexity index is 943. The van der Waals surface area contributed by atoms with Crippen LogP contribution in [0.2, 0.25) is 0 Å². The predicted molar refractivity (Wildman–Crippen MR) is 123 cm³/mol. The van der Waals surface area contributed by atoms with Crippen LogP contribution in [0.25, 0.3) is 0 Å². The first-order chi connectivity index (χ1) is 15.5. The maximum atomic E-state index is 13.9. The van der Waals surface area contributed by atoms with Gasteiger partial charge in [0.15, 0.2) is 0 Å². The zero-order valence-corrected chi connectivity index (χ0v) is 18.9. The van der Waals surface area contributed by atoms with E-state index in [1.807, 2.05) is 48.5 Å². The number of anilines is 2. The smallest absolute Gasteiger partial charge is 0.329 e. The van der Waals surface area contributed by atoms with Crippen molar-refractivity contribution in [1.29, 1.82) is 0 Å². The number of para-hydroxylation sites is 2. The standard InChI is InChI=1S/C24H28FN3O3S/c1-2-16(20(29)15-25)26-23(30)19-11-7-8-14-27(19)24(31)28-17-9-3-5-12-21(17)32-22-13-6-4-10-18(22)28/h3-6,9-10,12-13,16,19-20,29H,2,7-8,11,14-15H2,1H3,(H,26,30). The highest BCUT2D eigenvalue weighted by Crippen LogP contribution is 2.48. The van der Waals surface area contributed by atoms with Crippen molar-refractivity contribution in [2.75, 3.05) is 18.1 Å². The molecule has 1 fully saturated rings. The average molecular weight is 458 g/mol. The number of likely N-dealkylation sites (tertiary alicyclic amines) is 1. The van der Waals surface area contributed by atoms with Crippen molar-refractivity contribution < 1.29 is 19.1 Å². The van der Waals surface area contributed by atoms with Crippen molar-refractivity contribution in [3.63, 3.8) is 0 Å². The van der Waals surface area contributed by atoms with Gasteiger partial charge in [0.1, 0.15) is 18.8 Å². The van der Waals surface area contributed by atoms with Crippen LogP contribution in [0.15, 0.2) is 58.3 Å². The van der Waals surface area contributed by atoms with Gasteiger partial charge in [-0.15, -0.1) is 0 Å². The van der Waals surface area contributed by atoms with E-state index in [9.17, 15) is 19.1 Å². The highest BCUT2D eigenvalue weighted by atomic mass is 32.2. The van der Waals surface area contributed by atoms with E-state index in [0.29, 0.717) is 19.4 Å². The van der Waals surface area contributed by atoms with E-state index in [1.54, 1.807) is 28.5 Å². The van der Waals surface area contributed by atoms with Crippen LogP contribution in [0.5, 0.6) is 0 Å². The van der Waals surface area contributed by atoms with E-state index < -0.39 is 24.9 Å². The van der Waals surface area contributed by atoms with Gasteiger partial charge in [0, 0.05) is 16.3 Å². The van der Waals surface area contributed by atoms with Gasteiger partial charge in [-0.2, -0.15) is 0 Å². The zero-order chi connectivity index (χ0) is 22.7. The van der Waals surface area contributed by atoms with Crippen LogP contribution in [0, 0.1) is 0 Å². The number of nitrogens with one attached hydrogen (secondary N) is 1. The minimum absolute atomic E-state index is 0.246. The minimum Gasteiger partial charge on any atom is -0.388 e. The third-order valence-electron chi connectivity index (χ3n) is 6.06. The molecule has 0 spiro atoms. The highest BCUT2D eigenvalue weighted by Gasteiger charge is 2.38. The molecule has 3 atom stereocenters. The summed E-state index contributed by atoms with van der Waals surface area (Å²) in [6, 6.07) is 13.9. The van der Waals surface area contributed by atoms with Crippen molar-refractivity contribution >= 4 is 35.1 Å². The van der Waals surface area contributed by atoms with Gasteiger partial charge in [-0.3, -0.25) is 9.69 Å². The number of carbonyl (C=O) groups excluding carboxylic acids is 2. The number of urea groups is 1. The Balaban J connectivity index is 1.64. The van der Waals surface area contributed by atoms with Crippen LogP contribution in [0.1, 0.15) is 32.6 Å². The molecule has 1 saturated heterocycles. The largest absolute Gasteiger partial charge is 0.388 e. The summed E-state index contributed by atoms with van der Waals surface area (Å²) in [5.41, 5.74) is 1.59. The van der Waals surface area contributed by atoms with Gasteiger partial charge >= 0.3 is 6.03 Å². The number of alkyl halides is 1. The molecule has 0 aromatic heterocycles. The van der Waals surface area contributed by atoms with Crippen molar-refractivity contribution in [3.8, 4) is 0 Å². The molecule has 0 aliphatic carbocycles. The molecule has 3 unspecified atom stereocenters. The topological polar surface area (TPSA) is 72.9 Å². The summed E-state index contributed by atoms with van der Waals surface area (Å²) in [6.07, 6.45) is 1.32. The molecular formula is C24H28FN3O3S. The second kappa shape index (κ2) is 9.92. The number of halogens is 1. The zero-order valence-electron chi connectivity index (χ0n) is 18.0. The molecule has 0 saturated carbocycles. The molecule has 0 bridgehead atoms. The first kappa shape index (κ1) is 22.6. The van der Waals surface area contributed by atoms with Crippen molar-refractivity contribution in [1.82, 2.24) is 10.2 Å².